The number of nitrogens with one attached hydrogen (secondary N) is 1. The first kappa shape index (κ1) is 18.8. The van der Waals surface area contributed by atoms with Crippen molar-refractivity contribution in [3.05, 3.63) is 11.7 Å². The van der Waals surface area contributed by atoms with Crippen LogP contribution in [0.2, 0.25) is 0 Å². The van der Waals surface area contributed by atoms with Crippen LogP contribution in [0.25, 0.3) is 0 Å². The van der Waals surface area contributed by atoms with E-state index < -0.39 is 0 Å². The zero-order valence-corrected chi connectivity index (χ0v) is 16.4. The second-order valence-electron chi connectivity index (χ2n) is 8.11. The highest BCUT2D eigenvalue weighted by Crippen LogP contribution is 2.59. The van der Waals surface area contributed by atoms with Crippen LogP contribution >= 0.6 is 0 Å². The minimum Gasteiger partial charge on any atom is -0.371 e. The lowest BCUT2D eigenvalue weighted by atomic mass is 9.91. The second kappa shape index (κ2) is 7.85. The van der Waals surface area contributed by atoms with Gasteiger partial charge >= 0.3 is 0 Å². The molecule has 2 saturated heterocycles. The van der Waals surface area contributed by atoms with Gasteiger partial charge in [-0.25, -0.2) is 0 Å². The predicted molar refractivity (Wildman–Crippen MR) is 98.8 cm³/mol. The van der Waals surface area contributed by atoms with Crippen LogP contribution in [0.1, 0.15) is 50.9 Å². The summed E-state index contributed by atoms with van der Waals surface area (Å²) < 4.78 is 10.9. The van der Waals surface area contributed by atoms with Gasteiger partial charge in [-0.2, -0.15) is 4.98 Å². The van der Waals surface area contributed by atoms with E-state index >= 15 is 0 Å². The molecule has 3 heterocycles. The minimum absolute atomic E-state index is 0.150. The second-order valence-corrected chi connectivity index (χ2v) is 8.11. The maximum Gasteiger partial charge on any atom is 0.240 e. The molecule has 1 aliphatic carbocycles. The normalized spacial score (nSPS) is 26.3. The zero-order chi connectivity index (χ0) is 18.9. The van der Waals surface area contributed by atoms with Gasteiger partial charge in [0.1, 0.15) is 6.10 Å². The fraction of sp³-hybridized carbons (Fsp3) is 0.842. The van der Waals surface area contributed by atoms with E-state index in [9.17, 15) is 4.79 Å². The lowest BCUT2D eigenvalue weighted by Crippen LogP contribution is -2.49. The Hall–Kier alpha value is -1.51. The fourth-order valence-electron chi connectivity index (χ4n) is 4.53. The van der Waals surface area contributed by atoms with Gasteiger partial charge in [-0.1, -0.05) is 5.16 Å². The number of nitrogens with zero attached hydrogens (tertiary/aromatic N) is 4. The molecule has 0 bridgehead atoms. The largest absolute Gasteiger partial charge is 0.371 e. The third kappa shape index (κ3) is 4.02. The highest BCUT2D eigenvalue weighted by atomic mass is 16.5. The first-order valence-electron chi connectivity index (χ1n) is 10.3. The van der Waals surface area contributed by atoms with Crippen molar-refractivity contribution in [3.8, 4) is 0 Å². The van der Waals surface area contributed by atoms with Gasteiger partial charge in [0.25, 0.3) is 0 Å². The number of aromatic nitrogens is 2. The number of hydrogen-bond donors (Lipinski definition) is 1. The summed E-state index contributed by atoms with van der Waals surface area (Å²) in [4.78, 5) is 21.7. The molecule has 2 aliphatic heterocycles. The Balaban J connectivity index is 1.24. The molecule has 1 aromatic rings. The first-order valence-corrected chi connectivity index (χ1v) is 10.3. The third-order valence-electron chi connectivity index (χ3n) is 6.39. The van der Waals surface area contributed by atoms with Crippen molar-refractivity contribution < 1.29 is 14.1 Å². The van der Waals surface area contributed by atoms with Crippen LogP contribution < -0.4 is 5.32 Å². The summed E-state index contributed by atoms with van der Waals surface area (Å²) in [5.41, 5.74) is 0.316. The number of piperazine rings is 1. The molecule has 0 radical (unpaired) electrons. The number of carbonyl (C=O) groups excluding carboxylic acids is 1. The molecule has 1 aromatic heterocycles. The molecule has 8 heteroatoms. The molecule has 27 heavy (non-hydrogen) atoms. The van der Waals surface area contributed by atoms with Crippen molar-refractivity contribution >= 4 is 5.91 Å². The standard InChI is InChI=1S/C19H31N5O3/c1-3-26-14(2)17-21-16(27-22-17)13-23-8-10-24(11-9-23)18(25)15-12-19(15)4-6-20-7-5-19/h14-15,20H,3-13H2,1-2H3. The average Bonchev–Trinajstić information content (AvgIpc) is 3.15. The molecule has 150 valence electrons. The molecule has 2 unspecified atom stereocenters. The van der Waals surface area contributed by atoms with E-state index in [0.717, 1.165) is 58.5 Å². The van der Waals surface area contributed by atoms with E-state index in [-0.39, 0.29) is 12.0 Å². The van der Waals surface area contributed by atoms with Crippen molar-refractivity contribution in [2.45, 2.75) is 45.8 Å². The molecule has 4 rings (SSSR count). The smallest absolute Gasteiger partial charge is 0.240 e. The molecule has 3 aliphatic rings. The van der Waals surface area contributed by atoms with Crippen LogP contribution in [0.3, 0.4) is 0 Å². The third-order valence-corrected chi connectivity index (χ3v) is 6.39. The summed E-state index contributed by atoms with van der Waals surface area (Å²) in [6, 6.07) is 0. The number of hydrogen-bond acceptors (Lipinski definition) is 7. The first-order chi connectivity index (χ1) is 13.1. The van der Waals surface area contributed by atoms with Gasteiger partial charge in [-0.15, -0.1) is 0 Å². The summed E-state index contributed by atoms with van der Waals surface area (Å²) >= 11 is 0. The van der Waals surface area contributed by atoms with Gasteiger partial charge in [0.05, 0.1) is 6.54 Å². The quantitative estimate of drug-likeness (QED) is 0.797. The maximum atomic E-state index is 12.9. The Kier molecular flexibility index (Phi) is 5.48. The summed E-state index contributed by atoms with van der Waals surface area (Å²) in [6.45, 7) is 10.5. The molecule has 1 saturated carbocycles. The average molecular weight is 377 g/mol. The topological polar surface area (TPSA) is 83.7 Å². The molecular weight excluding hydrogens is 346 g/mol. The van der Waals surface area contributed by atoms with E-state index in [4.69, 9.17) is 9.26 Å². The fourth-order valence-corrected chi connectivity index (χ4v) is 4.53. The number of ether oxygens (including phenoxy) is 1. The Labute approximate surface area is 160 Å². The molecule has 2 atom stereocenters. The summed E-state index contributed by atoms with van der Waals surface area (Å²) in [7, 11) is 0. The summed E-state index contributed by atoms with van der Waals surface area (Å²) in [6.07, 6.45) is 3.26. The number of amides is 1. The molecule has 1 amide bonds. The highest BCUT2D eigenvalue weighted by Gasteiger charge is 2.58. The van der Waals surface area contributed by atoms with E-state index in [1.807, 2.05) is 13.8 Å². The van der Waals surface area contributed by atoms with Gasteiger partial charge in [-0.3, -0.25) is 9.69 Å². The Bertz CT molecular complexity index is 650. The molecule has 8 nitrogen and oxygen atoms in total. The van der Waals surface area contributed by atoms with Crippen LogP contribution in [0.4, 0.5) is 0 Å². The predicted octanol–water partition coefficient (Wildman–Crippen LogP) is 1.20. The molecule has 0 aromatic carbocycles. The van der Waals surface area contributed by atoms with Crippen molar-refractivity contribution in [3.63, 3.8) is 0 Å². The van der Waals surface area contributed by atoms with E-state index in [2.05, 4.69) is 25.3 Å². The number of piperidine rings is 1. The van der Waals surface area contributed by atoms with Crippen LogP contribution in [-0.2, 0) is 16.1 Å². The van der Waals surface area contributed by atoms with Crippen molar-refractivity contribution in [1.29, 1.82) is 0 Å². The van der Waals surface area contributed by atoms with Crippen LogP contribution in [-0.4, -0.2) is 71.7 Å². The van der Waals surface area contributed by atoms with Gasteiger partial charge in [-0.05, 0) is 51.6 Å². The summed E-state index contributed by atoms with van der Waals surface area (Å²) in [5.74, 6) is 1.86. The molecule has 1 N–H and O–H groups in total. The van der Waals surface area contributed by atoms with Crippen molar-refractivity contribution in [1.82, 2.24) is 25.3 Å². The Morgan fingerprint density at radius 3 is 2.78 bits per heavy atom. The monoisotopic (exact) mass is 377 g/mol. The molecule has 3 fully saturated rings. The number of carbonyl (C=O) groups is 1. The van der Waals surface area contributed by atoms with E-state index in [0.29, 0.717) is 36.2 Å². The van der Waals surface area contributed by atoms with Crippen LogP contribution in [0.15, 0.2) is 4.52 Å². The van der Waals surface area contributed by atoms with Gasteiger partial charge in [0.2, 0.25) is 11.8 Å². The Morgan fingerprint density at radius 1 is 1.33 bits per heavy atom. The lowest BCUT2D eigenvalue weighted by molar-refractivity contribution is -0.135. The minimum atomic E-state index is -0.150. The van der Waals surface area contributed by atoms with Gasteiger partial charge in [0, 0.05) is 38.7 Å². The molecular formula is C19H31N5O3. The van der Waals surface area contributed by atoms with Crippen molar-refractivity contribution in [2.75, 3.05) is 45.9 Å². The lowest BCUT2D eigenvalue weighted by Gasteiger charge is -2.35. The van der Waals surface area contributed by atoms with E-state index in [1.165, 1.54) is 0 Å². The highest BCUT2D eigenvalue weighted by molar-refractivity contribution is 5.82. The Morgan fingerprint density at radius 2 is 2.07 bits per heavy atom. The van der Waals surface area contributed by atoms with Crippen LogP contribution in [0.5, 0.6) is 0 Å². The zero-order valence-electron chi connectivity index (χ0n) is 16.4. The van der Waals surface area contributed by atoms with E-state index in [1.54, 1.807) is 0 Å². The summed E-state index contributed by atoms with van der Waals surface area (Å²) in [5, 5.41) is 7.42. The maximum absolute atomic E-state index is 12.9. The number of rotatable bonds is 6. The van der Waals surface area contributed by atoms with Gasteiger partial charge < -0.3 is 19.5 Å². The molecule has 1 spiro atoms. The SMILES string of the molecule is CCOC(C)c1noc(CN2CCN(C(=O)C3CC34CCNCC4)CC2)n1. The van der Waals surface area contributed by atoms with Gasteiger partial charge in [0.15, 0.2) is 5.82 Å². The van der Waals surface area contributed by atoms with Crippen LogP contribution in [0, 0.1) is 11.3 Å². The van der Waals surface area contributed by atoms with Crippen molar-refractivity contribution in [2.24, 2.45) is 11.3 Å².